The highest BCUT2D eigenvalue weighted by Gasteiger charge is 2.31. The van der Waals surface area contributed by atoms with Crippen LogP contribution < -0.4 is 0 Å². The first-order valence-corrected chi connectivity index (χ1v) is 10.1. The van der Waals surface area contributed by atoms with Crippen LogP contribution in [-0.4, -0.2) is 0 Å². The fourth-order valence-corrected chi connectivity index (χ4v) is 5.72. The predicted molar refractivity (Wildman–Crippen MR) is 105 cm³/mol. The summed E-state index contributed by atoms with van der Waals surface area (Å²) in [6, 6.07) is 32.6. The summed E-state index contributed by atoms with van der Waals surface area (Å²) in [4.78, 5) is 4.09. The third-order valence-electron chi connectivity index (χ3n) is 3.90. The topological polar surface area (TPSA) is 0 Å². The van der Waals surface area contributed by atoms with E-state index in [1.807, 2.05) is 0 Å². The van der Waals surface area contributed by atoms with Gasteiger partial charge in [0.1, 0.15) is 0 Å². The van der Waals surface area contributed by atoms with Gasteiger partial charge in [0.25, 0.3) is 0 Å². The lowest BCUT2D eigenvalue weighted by atomic mass is 10.1. The van der Waals surface area contributed by atoms with E-state index in [2.05, 4.69) is 102 Å². The molecule has 0 saturated heterocycles. The Labute approximate surface area is 149 Å². The summed E-state index contributed by atoms with van der Waals surface area (Å²) in [5, 5.41) is 4.38. The van der Waals surface area contributed by atoms with Gasteiger partial charge in [-0.3, -0.25) is 0 Å². The van der Waals surface area contributed by atoms with Gasteiger partial charge in [-0.1, -0.05) is 48.5 Å². The third kappa shape index (κ3) is 3.03. The van der Waals surface area contributed by atoms with Crippen molar-refractivity contribution < 1.29 is 0 Å². The maximum Gasteiger partial charge on any atom is 0.174 e. The minimum absolute atomic E-state index is 0.106. The number of rotatable bonds is 4. The molecule has 0 N–H and O–H groups in total. The molecule has 1 aromatic heterocycles. The van der Waals surface area contributed by atoms with Gasteiger partial charge in [0.2, 0.25) is 0 Å². The molecule has 0 aliphatic carbocycles. The van der Waals surface area contributed by atoms with Gasteiger partial charge in [-0.05, 0) is 58.8 Å². The molecule has 0 spiro atoms. The monoisotopic (exact) mass is 345 g/mol. The van der Waals surface area contributed by atoms with E-state index in [9.17, 15) is 0 Å². The van der Waals surface area contributed by atoms with Crippen LogP contribution in [0.2, 0.25) is 0 Å². The van der Waals surface area contributed by atoms with E-state index in [-0.39, 0.29) is 10.9 Å². The van der Waals surface area contributed by atoms with E-state index in [0.717, 1.165) is 0 Å². The van der Waals surface area contributed by atoms with Crippen LogP contribution in [0.3, 0.4) is 0 Å². The van der Waals surface area contributed by atoms with Gasteiger partial charge in [0.05, 0.1) is 10.9 Å². The average Bonchev–Trinajstić information content (AvgIpc) is 3.19. The largest absolute Gasteiger partial charge is 0.174 e. The van der Waals surface area contributed by atoms with Crippen molar-refractivity contribution in [3.63, 3.8) is 0 Å². The van der Waals surface area contributed by atoms with Gasteiger partial charge in [-0.25, -0.2) is 0 Å². The summed E-state index contributed by atoms with van der Waals surface area (Å²) in [6.45, 7) is 0. The van der Waals surface area contributed by atoms with Crippen molar-refractivity contribution >= 4 is 22.2 Å². The zero-order valence-corrected chi connectivity index (χ0v) is 14.8. The number of benzene rings is 3. The second-order valence-electron chi connectivity index (χ2n) is 5.44. The molecule has 0 aliphatic rings. The minimum Gasteiger partial charge on any atom is -0.152 e. The zero-order chi connectivity index (χ0) is 16.2. The average molecular weight is 346 g/mol. The molecule has 2 heteroatoms. The molecule has 0 atom stereocenters. The molecule has 4 aromatic rings. The highest BCUT2D eigenvalue weighted by Crippen LogP contribution is 2.37. The third-order valence-corrected chi connectivity index (χ3v) is 6.86. The fourth-order valence-electron chi connectivity index (χ4n) is 2.80. The minimum atomic E-state index is -0.106. The molecule has 0 bridgehead atoms. The van der Waals surface area contributed by atoms with Crippen molar-refractivity contribution in [1.29, 1.82) is 0 Å². The van der Waals surface area contributed by atoms with Crippen LogP contribution >= 0.6 is 11.3 Å². The molecular weight excluding hydrogens is 328 g/mol. The summed E-state index contributed by atoms with van der Waals surface area (Å²) < 4.78 is 0. The second-order valence-corrected chi connectivity index (χ2v) is 8.22. The van der Waals surface area contributed by atoms with Crippen molar-refractivity contribution in [1.82, 2.24) is 0 Å². The van der Waals surface area contributed by atoms with Crippen LogP contribution in [0.1, 0.15) is 0 Å². The van der Waals surface area contributed by atoms with Crippen LogP contribution in [0, 0.1) is 0 Å². The van der Waals surface area contributed by atoms with Crippen LogP contribution in [0.4, 0.5) is 0 Å². The Kier molecular flexibility index (Phi) is 4.50. The number of hydrogen-bond donors (Lipinski definition) is 0. The molecular formula is C22H17S2+. The first-order valence-electron chi connectivity index (χ1n) is 7.89. The SMILES string of the molecule is c1ccc([S+](c2ccccc2)c2ccccc2-c2ccsc2)cc1. The zero-order valence-electron chi connectivity index (χ0n) is 13.1. The maximum atomic E-state index is 2.27. The molecule has 0 amide bonds. The van der Waals surface area contributed by atoms with Gasteiger partial charge in [0.15, 0.2) is 14.7 Å². The maximum absolute atomic E-state index is 2.27. The standard InChI is InChI=1S/C22H17S2/c1-3-9-19(10-4-1)24(20-11-5-2-6-12-20)22-14-8-7-13-21(22)18-15-16-23-17-18/h1-17H/q+1. The van der Waals surface area contributed by atoms with E-state index in [0.29, 0.717) is 0 Å². The molecule has 0 unspecified atom stereocenters. The van der Waals surface area contributed by atoms with Gasteiger partial charge in [-0.2, -0.15) is 11.3 Å². The molecule has 0 fully saturated rings. The lowest BCUT2D eigenvalue weighted by Crippen LogP contribution is -2.06. The lowest BCUT2D eigenvalue weighted by Gasteiger charge is -2.11. The van der Waals surface area contributed by atoms with Gasteiger partial charge >= 0.3 is 0 Å². The lowest BCUT2D eigenvalue weighted by molar-refractivity contribution is 1.32. The van der Waals surface area contributed by atoms with Crippen molar-refractivity contribution in [3.05, 3.63) is 102 Å². The summed E-state index contributed by atoms with van der Waals surface area (Å²) in [5.41, 5.74) is 2.63. The molecule has 0 nitrogen and oxygen atoms in total. The van der Waals surface area contributed by atoms with Gasteiger partial charge in [0, 0.05) is 5.56 Å². The Morgan fingerprint density at radius 1 is 0.583 bits per heavy atom. The Balaban J connectivity index is 1.93. The molecule has 24 heavy (non-hydrogen) atoms. The first kappa shape index (κ1) is 15.3. The molecule has 0 saturated carbocycles. The molecule has 0 aliphatic heterocycles. The second kappa shape index (κ2) is 7.08. The van der Waals surface area contributed by atoms with Crippen molar-refractivity contribution in [3.8, 4) is 11.1 Å². The Hall–Kier alpha value is -2.29. The fraction of sp³-hybridized carbons (Fsp3) is 0. The van der Waals surface area contributed by atoms with E-state index in [1.54, 1.807) is 11.3 Å². The molecule has 1 heterocycles. The van der Waals surface area contributed by atoms with E-state index >= 15 is 0 Å². The normalized spacial score (nSPS) is 10.9. The van der Waals surface area contributed by atoms with Gasteiger partial charge < -0.3 is 0 Å². The van der Waals surface area contributed by atoms with Crippen molar-refractivity contribution in [2.24, 2.45) is 0 Å². The summed E-state index contributed by atoms with van der Waals surface area (Å²) >= 11 is 1.75. The van der Waals surface area contributed by atoms with Crippen LogP contribution in [0.15, 0.2) is 116 Å². The Morgan fingerprint density at radius 2 is 1.17 bits per heavy atom. The Bertz CT molecular complexity index is 858. The highest BCUT2D eigenvalue weighted by atomic mass is 32.2. The van der Waals surface area contributed by atoms with Crippen LogP contribution in [0.5, 0.6) is 0 Å². The van der Waals surface area contributed by atoms with Gasteiger partial charge in [-0.15, -0.1) is 0 Å². The Morgan fingerprint density at radius 3 is 1.75 bits per heavy atom. The molecule has 116 valence electrons. The van der Waals surface area contributed by atoms with E-state index < -0.39 is 0 Å². The first-order chi connectivity index (χ1) is 11.9. The van der Waals surface area contributed by atoms with Crippen molar-refractivity contribution in [2.75, 3.05) is 0 Å². The number of hydrogen-bond acceptors (Lipinski definition) is 1. The van der Waals surface area contributed by atoms with Crippen LogP contribution in [0.25, 0.3) is 11.1 Å². The molecule has 0 radical (unpaired) electrons. The summed E-state index contributed by atoms with van der Waals surface area (Å²) in [7, 11) is -0.106. The summed E-state index contributed by atoms with van der Waals surface area (Å²) in [6.07, 6.45) is 0. The van der Waals surface area contributed by atoms with Crippen molar-refractivity contribution in [2.45, 2.75) is 14.7 Å². The van der Waals surface area contributed by atoms with E-state index in [4.69, 9.17) is 0 Å². The quantitative estimate of drug-likeness (QED) is 0.370. The number of thiophene rings is 1. The van der Waals surface area contributed by atoms with Crippen LogP contribution in [-0.2, 0) is 10.9 Å². The predicted octanol–water partition coefficient (Wildman–Crippen LogP) is 6.51. The molecule has 3 aromatic carbocycles. The summed E-state index contributed by atoms with van der Waals surface area (Å²) in [5.74, 6) is 0. The van der Waals surface area contributed by atoms with E-state index in [1.165, 1.54) is 25.8 Å². The molecule has 4 rings (SSSR count). The smallest absolute Gasteiger partial charge is 0.152 e. The highest BCUT2D eigenvalue weighted by molar-refractivity contribution is 7.97.